The van der Waals surface area contributed by atoms with E-state index in [1.54, 1.807) is 23.7 Å². The lowest BCUT2D eigenvalue weighted by atomic mass is 10.2. The lowest BCUT2D eigenvalue weighted by Crippen LogP contribution is -2.50. The molecule has 2 fully saturated rings. The van der Waals surface area contributed by atoms with Crippen LogP contribution >= 0.6 is 11.6 Å². The van der Waals surface area contributed by atoms with E-state index in [0.717, 1.165) is 5.69 Å². The third-order valence-corrected chi connectivity index (χ3v) is 6.70. The van der Waals surface area contributed by atoms with Crippen molar-refractivity contribution in [2.24, 2.45) is 0 Å². The second-order valence-electron chi connectivity index (χ2n) is 6.28. The summed E-state index contributed by atoms with van der Waals surface area (Å²) in [4.78, 5) is 0.278. The molecule has 1 saturated carbocycles. The first kappa shape index (κ1) is 15.1. The summed E-state index contributed by atoms with van der Waals surface area (Å²) in [5, 5.41) is 8.75. The van der Waals surface area contributed by atoms with Gasteiger partial charge in [-0.05, 0) is 37.5 Å². The summed E-state index contributed by atoms with van der Waals surface area (Å²) in [7, 11) is -3.51. The molecule has 23 heavy (non-hydrogen) atoms. The van der Waals surface area contributed by atoms with Crippen LogP contribution in [0.1, 0.15) is 36.1 Å². The van der Waals surface area contributed by atoms with Gasteiger partial charge in [0.05, 0.1) is 16.6 Å². The Morgan fingerprint density at radius 3 is 2.70 bits per heavy atom. The van der Waals surface area contributed by atoms with Crippen LogP contribution in [0.4, 0.5) is 0 Å². The lowest BCUT2D eigenvalue weighted by molar-refractivity contribution is 0.188. The van der Waals surface area contributed by atoms with Crippen molar-refractivity contribution in [1.82, 2.24) is 19.3 Å². The first-order valence-electron chi connectivity index (χ1n) is 7.63. The number of halogens is 1. The Labute approximate surface area is 140 Å². The zero-order valence-corrected chi connectivity index (χ0v) is 14.3. The van der Waals surface area contributed by atoms with Gasteiger partial charge in [-0.15, -0.1) is 5.10 Å². The van der Waals surface area contributed by atoms with Crippen molar-refractivity contribution in [3.63, 3.8) is 0 Å². The van der Waals surface area contributed by atoms with Crippen LogP contribution in [0.5, 0.6) is 0 Å². The molecule has 0 radical (unpaired) electrons. The Kier molecular flexibility index (Phi) is 3.48. The normalized spacial score (nSPS) is 19.7. The number of rotatable bonds is 4. The number of hydrogen-bond acceptors (Lipinski definition) is 4. The predicted octanol–water partition coefficient (Wildman–Crippen LogP) is 2.36. The van der Waals surface area contributed by atoms with Crippen LogP contribution in [0, 0.1) is 6.92 Å². The molecule has 8 heteroatoms. The van der Waals surface area contributed by atoms with E-state index in [1.165, 1.54) is 23.2 Å². The molecule has 2 aromatic rings. The minimum absolute atomic E-state index is 0.0595. The Balaban J connectivity index is 1.50. The van der Waals surface area contributed by atoms with Crippen LogP contribution in [0.15, 0.2) is 29.3 Å². The maximum atomic E-state index is 12.7. The Hall–Kier alpha value is -1.44. The van der Waals surface area contributed by atoms with Gasteiger partial charge in [-0.25, -0.2) is 13.1 Å². The molecular formula is C15H17ClN4O2S. The van der Waals surface area contributed by atoms with Crippen LogP contribution < -0.4 is 0 Å². The van der Waals surface area contributed by atoms with Crippen LogP contribution in [-0.4, -0.2) is 40.8 Å². The van der Waals surface area contributed by atoms with E-state index in [0.29, 0.717) is 29.6 Å². The monoisotopic (exact) mass is 352 g/mol. The molecule has 6 nitrogen and oxygen atoms in total. The van der Waals surface area contributed by atoms with Crippen molar-refractivity contribution < 1.29 is 8.42 Å². The van der Waals surface area contributed by atoms with Gasteiger partial charge in [-0.2, -0.15) is 4.31 Å². The molecule has 0 atom stereocenters. The van der Waals surface area contributed by atoms with Crippen molar-refractivity contribution in [3.05, 3.63) is 40.7 Å². The molecule has 4 rings (SSSR count). The third kappa shape index (κ3) is 2.66. The van der Waals surface area contributed by atoms with E-state index < -0.39 is 10.0 Å². The summed E-state index contributed by atoms with van der Waals surface area (Å²) in [5.74, 6) is 0.553. The second-order valence-corrected chi connectivity index (χ2v) is 8.63. The van der Waals surface area contributed by atoms with Gasteiger partial charge in [-0.1, -0.05) is 22.9 Å². The maximum Gasteiger partial charge on any atom is 0.243 e. The molecule has 0 unspecified atom stereocenters. The molecule has 0 N–H and O–H groups in total. The molecule has 2 heterocycles. The fraction of sp³-hybridized carbons (Fsp3) is 0.467. The molecule has 1 saturated heterocycles. The summed E-state index contributed by atoms with van der Waals surface area (Å²) in [6.07, 6.45) is 4.31. The molecule has 1 aromatic carbocycles. The van der Waals surface area contributed by atoms with Crippen molar-refractivity contribution in [2.45, 2.75) is 36.6 Å². The number of sulfonamides is 1. The summed E-state index contributed by atoms with van der Waals surface area (Å²) >= 11 is 5.95. The first-order chi connectivity index (χ1) is 10.9. The number of aromatic nitrogens is 3. The Morgan fingerprint density at radius 1 is 1.26 bits per heavy atom. The van der Waals surface area contributed by atoms with Gasteiger partial charge < -0.3 is 0 Å². The highest BCUT2D eigenvalue weighted by Crippen LogP contribution is 2.39. The third-order valence-electron chi connectivity index (χ3n) is 4.49. The van der Waals surface area contributed by atoms with Gasteiger partial charge in [0.2, 0.25) is 10.0 Å². The topological polar surface area (TPSA) is 68.1 Å². The summed E-state index contributed by atoms with van der Waals surface area (Å²) < 4.78 is 28.7. The average molecular weight is 353 g/mol. The van der Waals surface area contributed by atoms with E-state index in [4.69, 9.17) is 11.6 Å². The van der Waals surface area contributed by atoms with Crippen molar-refractivity contribution in [1.29, 1.82) is 0 Å². The van der Waals surface area contributed by atoms with E-state index in [-0.39, 0.29) is 10.9 Å². The van der Waals surface area contributed by atoms with Crippen LogP contribution in [0.25, 0.3) is 0 Å². The highest BCUT2D eigenvalue weighted by atomic mass is 35.5. The smallest absolute Gasteiger partial charge is 0.243 e. The van der Waals surface area contributed by atoms with Crippen molar-refractivity contribution in [2.75, 3.05) is 13.1 Å². The van der Waals surface area contributed by atoms with Gasteiger partial charge in [0.25, 0.3) is 0 Å². The number of hydrogen-bond donors (Lipinski definition) is 0. The average Bonchev–Trinajstić information content (AvgIpc) is 3.19. The summed E-state index contributed by atoms with van der Waals surface area (Å²) in [5.41, 5.74) is 1.73. The van der Waals surface area contributed by atoms with Gasteiger partial charge in [0, 0.05) is 30.2 Å². The van der Waals surface area contributed by atoms with E-state index in [9.17, 15) is 8.42 Å². The van der Waals surface area contributed by atoms with Crippen LogP contribution in [0.2, 0.25) is 5.02 Å². The van der Waals surface area contributed by atoms with Gasteiger partial charge >= 0.3 is 0 Å². The molecule has 1 aliphatic heterocycles. The van der Waals surface area contributed by atoms with Gasteiger partial charge in [-0.3, -0.25) is 0 Å². The highest BCUT2D eigenvalue weighted by Gasteiger charge is 2.39. The van der Waals surface area contributed by atoms with Gasteiger partial charge in [0.15, 0.2) is 0 Å². The molecular weight excluding hydrogens is 336 g/mol. The zero-order valence-electron chi connectivity index (χ0n) is 12.7. The van der Waals surface area contributed by atoms with Crippen LogP contribution in [-0.2, 0) is 10.0 Å². The molecule has 0 spiro atoms. The van der Waals surface area contributed by atoms with E-state index in [2.05, 4.69) is 10.3 Å². The molecule has 2 aliphatic rings. The van der Waals surface area contributed by atoms with Crippen LogP contribution in [0.3, 0.4) is 0 Å². The van der Waals surface area contributed by atoms with E-state index >= 15 is 0 Å². The quantitative estimate of drug-likeness (QED) is 0.847. The van der Waals surface area contributed by atoms with E-state index in [1.807, 2.05) is 6.20 Å². The number of aryl methyl sites for hydroxylation is 1. The van der Waals surface area contributed by atoms with Gasteiger partial charge in [0.1, 0.15) is 0 Å². The minimum atomic E-state index is -3.51. The maximum absolute atomic E-state index is 12.7. The lowest BCUT2D eigenvalue weighted by Gasteiger charge is -2.37. The fourth-order valence-electron chi connectivity index (χ4n) is 2.81. The summed E-state index contributed by atoms with van der Waals surface area (Å²) in [6, 6.07) is 5.00. The standard InChI is InChI=1S/C15H17ClN4O2S/c1-10-2-5-12(16)6-15(10)23(21,22)19-7-13(8-19)20-9-14(17-18-20)11-3-4-11/h2,5-6,9,11,13H,3-4,7-8H2,1H3. The summed E-state index contributed by atoms with van der Waals surface area (Å²) in [6.45, 7) is 2.61. The van der Waals surface area contributed by atoms with Crippen molar-refractivity contribution in [3.8, 4) is 0 Å². The second kappa shape index (κ2) is 5.29. The first-order valence-corrected chi connectivity index (χ1v) is 9.45. The molecule has 0 bridgehead atoms. The van der Waals surface area contributed by atoms with Crippen molar-refractivity contribution >= 4 is 21.6 Å². The molecule has 122 valence electrons. The highest BCUT2D eigenvalue weighted by molar-refractivity contribution is 7.89. The molecule has 0 amide bonds. The predicted molar refractivity (Wildman–Crippen MR) is 86.0 cm³/mol. The number of nitrogens with zero attached hydrogens (tertiary/aromatic N) is 4. The minimum Gasteiger partial charge on any atom is -0.247 e. The fourth-order valence-corrected chi connectivity index (χ4v) is 4.81. The zero-order chi connectivity index (χ0) is 16.2. The largest absolute Gasteiger partial charge is 0.247 e. The Morgan fingerprint density at radius 2 is 2.00 bits per heavy atom. The molecule has 1 aromatic heterocycles. The number of benzene rings is 1. The molecule has 1 aliphatic carbocycles. The SMILES string of the molecule is Cc1ccc(Cl)cc1S(=O)(=O)N1CC(n2cc(C3CC3)nn2)C1. The Bertz CT molecular complexity index is 854.